The van der Waals surface area contributed by atoms with Gasteiger partial charge in [-0.2, -0.15) is 0 Å². The summed E-state index contributed by atoms with van der Waals surface area (Å²) in [6, 6.07) is 2.61. The van der Waals surface area contributed by atoms with E-state index < -0.39 is 10.5 Å². The first-order valence-corrected chi connectivity index (χ1v) is 4.94. The maximum absolute atomic E-state index is 10.7. The highest BCUT2D eigenvalue weighted by molar-refractivity contribution is 6.29. The molecule has 6 nitrogen and oxygen atoms in total. The van der Waals surface area contributed by atoms with Crippen LogP contribution >= 0.6 is 11.6 Å². The van der Waals surface area contributed by atoms with E-state index in [1.54, 1.807) is 13.8 Å². The Bertz CT molecular complexity index is 403. The number of hydrogen-bond donors (Lipinski definition) is 2. The standard InChI is InChI=1S/C9H12ClN3O3/c1-9(2,14)5-11-8-6(13(15)16)3-4-7(10)12-8/h3-4,14H,5H2,1-2H3,(H,11,12). The van der Waals surface area contributed by atoms with E-state index in [4.69, 9.17) is 11.6 Å². The van der Waals surface area contributed by atoms with Gasteiger partial charge in [-0.25, -0.2) is 4.98 Å². The maximum atomic E-state index is 10.7. The third kappa shape index (κ3) is 3.63. The Morgan fingerprint density at radius 2 is 2.25 bits per heavy atom. The van der Waals surface area contributed by atoms with Crippen molar-refractivity contribution in [2.75, 3.05) is 11.9 Å². The van der Waals surface area contributed by atoms with E-state index in [1.807, 2.05) is 0 Å². The molecule has 0 saturated carbocycles. The highest BCUT2D eigenvalue weighted by Crippen LogP contribution is 2.24. The van der Waals surface area contributed by atoms with Crippen molar-refractivity contribution in [2.45, 2.75) is 19.4 Å². The van der Waals surface area contributed by atoms with Crippen LogP contribution in [-0.2, 0) is 0 Å². The van der Waals surface area contributed by atoms with Crippen molar-refractivity contribution in [3.05, 3.63) is 27.4 Å². The second-order valence-corrected chi connectivity index (χ2v) is 4.31. The van der Waals surface area contributed by atoms with Gasteiger partial charge in [0.2, 0.25) is 5.82 Å². The van der Waals surface area contributed by atoms with Gasteiger partial charge in [0.15, 0.2) is 0 Å². The monoisotopic (exact) mass is 245 g/mol. The predicted octanol–water partition coefficient (Wildman–Crippen LogP) is 1.83. The number of hydrogen-bond acceptors (Lipinski definition) is 5. The van der Waals surface area contributed by atoms with Crippen molar-refractivity contribution >= 4 is 23.1 Å². The van der Waals surface area contributed by atoms with Crippen molar-refractivity contribution in [1.29, 1.82) is 0 Å². The van der Waals surface area contributed by atoms with E-state index in [0.717, 1.165) is 0 Å². The van der Waals surface area contributed by atoms with Gasteiger partial charge >= 0.3 is 5.69 Å². The summed E-state index contributed by atoms with van der Waals surface area (Å²) in [6.07, 6.45) is 0. The lowest BCUT2D eigenvalue weighted by molar-refractivity contribution is -0.384. The lowest BCUT2D eigenvalue weighted by Crippen LogP contribution is -2.29. The van der Waals surface area contributed by atoms with Gasteiger partial charge < -0.3 is 10.4 Å². The summed E-state index contributed by atoms with van der Waals surface area (Å²) in [5, 5.41) is 23.0. The molecule has 2 N–H and O–H groups in total. The minimum absolute atomic E-state index is 0.0552. The highest BCUT2D eigenvalue weighted by atomic mass is 35.5. The fourth-order valence-corrected chi connectivity index (χ4v) is 1.15. The first kappa shape index (κ1) is 12.7. The Balaban J connectivity index is 2.93. The molecule has 1 aromatic rings. The zero-order valence-electron chi connectivity index (χ0n) is 8.90. The number of nitro groups is 1. The summed E-state index contributed by atoms with van der Waals surface area (Å²) in [5.41, 5.74) is -1.16. The maximum Gasteiger partial charge on any atom is 0.311 e. The highest BCUT2D eigenvalue weighted by Gasteiger charge is 2.18. The lowest BCUT2D eigenvalue weighted by atomic mass is 10.1. The number of pyridine rings is 1. The van der Waals surface area contributed by atoms with Gasteiger partial charge in [-0.15, -0.1) is 0 Å². The average molecular weight is 246 g/mol. The van der Waals surface area contributed by atoms with Crippen LogP contribution in [0.3, 0.4) is 0 Å². The van der Waals surface area contributed by atoms with Crippen LogP contribution in [0, 0.1) is 10.1 Å². The van der Waals surface area contributed by atoms with Crippen LogP contribution in [0.4, 0.5) is 11.5 Å². The molecule has 0 fully saturated rings. The largest absolute Gasteiger partial charge is 0.389 e. The minimum Gasteiger partial charge on any atom is -0.389 e. The predicted molar refractivity (Wildman–Crippen MR) is 60.7 cm³/mol. The third-order valence-corrected chi connectivity index (χ3v) is 1.94. The molecule has 0 aliphatic carbocycles. The zero-order chi connectivity index (χ0) is 12.3. The molecule has 0 unspecified atom stereocenters. The van der Waals surface area contributed by atoms with Crippen LogP contribution < -0.4 is 5.32 Å². The molecule has 88 valence electrons. The summed E-state index contributed by atoms with van der Waals surface area (Å²) in [4.78, 5) is 13.9. The number of anilines is 1. The molecule has 7 heteroatoms. The number of nitrogens with one attached hydrogen (secondary N) is 1. The number of nitrogens with zero attached hydrogens (tertiary/aromatic N) is 2. The first-order valence-electron chi connectivity index (χ1n) is 4.57. The van der Waals surface area contributed by atoms with Crippen LogP contribution in [-0.4, -0.2) is 27.2 Å². The Kier molecular flexibility index (Phi) is 3.66. The molecule has 1 rings (SSSR count). The average Bonchev–Trinajstić information content (AvgIpc) is 2.13. The number of aromatic nitrogens is 1. The van der Waals surface area contributed by atoms with Crippen LogP contribution in [0.5, 0.6) is 0 Å². The van der Waals surface area contributed by atoms with E-state index in [1.165, 1.54) is 12.1 Å². The molecule has 0 aromatic carbocycles. The fraction of sp³-hybridized carbons (Fsp3) is 0.444. The van der Waals surface area contributed by atoms with Gasteiger partial charge in [0.1, 0.15) is 5.15 Å². The van der Waals surface area contributed by atoms with E-state index in [9.17, 15) is 15.2 Å². The second-order valence-electron chi connectivity index (χ2n) is 3.92. The number of aliphatic hydroxyl groups is 1. The summed E-state index contributed by atoms with van der Waals surface area (Å²) >= 11 is 5.64. The summed E-state index contributed by atoms with van der Waals surface area (Å²) in [5.74, 6) is 0.0552. The molecule has 0 amide bonds. The zero-order valence-corrected chi connectivity index (χ0v) is 9.65. The van der Waals surface area contributed by atoms with Crippen molar-refractivity contribution in [3.8, 4) is 0 Å². The summed E-state index contributed by atoms with van der Waals surface area (Å²) < 4.78 is 0. The topological polar surface area (TPSA) is 88.3 Å². The quantitative estimate of drug-likeness (QED) is 0.480. The molecule has 1 aromatic heterocycles. The molecular formula is C9H12ClN3O3. The molecule has 0 bridgehead atoms. The lowest BCUT2D eigenvalue weighted by Gasteiger charge is -2.17. The van der Waals surface area contributed by atoms with Crippen molar-refractivity contribution < 1.29 is 10.0 Å². The van der Waals surface area contributed by atoms with Gasteiger partial charge in [-0.3, -0.25) is 10.1 Å². The minimum atomic E-state index is -0.988. The molecule has 0 saturated heterocycles. The van der Waals surface area contributed by atoms with Crippen molar-refractivity contribution in [3.63, 3.8) is 0 Å². The SMILES string of the molecule is CC(C)(O)CNc1nc(Cl)ccc1[N+](=O)[O-]. The molecule has 0 radical (unpaired) electrons. The molecule has 0 aliphatic rings. The van der Waals surface area contributed by atoms with Crippen molar-refractivity contribution in [2.24, 2.45) is 0 Å². The van der Waals surface area contributed by atoms with Gasteiger partial charge in [-0.1, -0.05) is 11.6 Å². The van der Waals surface area contributed by atoms with E-state index in [2.05, 4.69) is 10.3 Å². The van der Waals surface area contributed by atoms with Gasteiger partial charge in [0.25, 0.3) is 0 Å². The fourth-order valence-electron chi connectivity index (χ4n) is 1.01. The van der Waals surface area contributed by atoms with Crippen molar-refractivity contribution in [1.82, 2.24) is 4.98 Å². The normalized spacial score (nSPS) is 11.2. The Labute approximate surface area is 97.4 Å². The van der Waals surface area contributed by atoms with E-state index in [0.29, 0.717) is 0 Å². The van der Waals surface area contributed by atoms with Crippen LogP contribution in [0.25, 0.3) is 0 Å². The Morgan fingerprint density at radius 3 is 2.75 bits per heavy atom. The molecule has 0 aliphatic heterocycles. The number of rotatable bonds is 4. The molecule has 0 atom stereocenters. The van der Waals surface area contributed by atoms with Crippen LogP contribution in [0.2, 0.25) is 5.15 Å². The van der Waals surface area contributed by atoms with Gasteiger partial charge in [0.05, 0.1) is 10.5 Å². The third-order valence-electron chi connectivity index (χ3n) is 1.73. The summed E-state index contributed by atoms with van der Waals surface area (Å²) in [7, 11) is 0. The Hall–Kier alpha value is -1.40. The Morgan fingerprint density at radius 1 is 1.62 bits per heavy atom. The van der Waals surface area contributed by atoms with Crippen LogP contribution in [0.1, 0.15) is 13.8 Å². The van der Waals surface area contributed by atoms with Crippen LogP contribution in [0.15, 0.2) is 12.1 Å². The molecule has 16 heavy (non-hydrogen) atoms. The number of halogens is 1. The van der Waals surface area contributed by atoms with E-state index in [-0.39, 0.29) is 23.2 Å². The summed E-state index contributed by atoms with van der Waals surface area (Å²) in [6.45, 7) is 3.30. The molecule has 0 spiro atoms. The molecular weight excluding hydrogens is 234 g/mol. The first-order chi connectivity index (χ1) is 7.29. The molecule has 1 heterocycles. The van der Waals surface area contributed by atoms with E-state index >= 15 is 0 Å². The van der Waals surface area contributed by atoms with Gasteiger partial charge in [0, 0.05) is 12.6 Å². The smallest absolute Gasteiger partial charge is 0.311 e. The van der Waals surface area contributed by atoms with Gasteiger partial charge in [-0.05, 0) is 19.9 Å². The second kappa shape index (κ2) is 4.63.